The molecule has 3 atom stereocenters. The largest absolute Gasteiger partial charge is 0.508 e. The third-order valence-electron chi connectivity index (χ3n) is 6.08. The lowest BCUT2D eigenvalue weighted by molar-refractivity contribution is 0.110. The minimum atomic E-state index is 0.492. The van der Waals surface area contributed by atoms with Gasteiger partial charge in [0, 0.05) is 6.04 Å². The van der Waals surface area contributed by atoms with Crippen molar-refractivity contribution in [3.8, 4) is 5.75 Å². The van der Waals surface area contributed by atoms with E-state index in [0.29, 0.717) is 11.7 Å². The standard InChI is InChI=1S/C18H25NO/c20-18-4-2-1-3-16(18)14-7-9-19(10-8-14)17-12-13-5-6-15(17)11-13/h1-4,13-15,17,20H,5-12H2/t13-,15+,17-/m1/s1. The predicted octanol–water partition coefficient (Wildman–Crippen LogP) is 3.76. The molecule has 1 aromatic carbocycles. The summed E-state index contributed by atoms with van der Waals surface area (Å²) in [5.41, 5.74) is 1.17. The third kappa shape index (κ3) is 2.14. The highest BCUT2D eigenvalue weighted by Crippen LogP contribution is 2.47. The molecule has 2 heteroatoms. The first kappa shape index (κ1) is 12.7. The van der Waals surface area contributed by atoms with Gasteiger partial charge in [-0.15, -0.1) is 0 Å². The van der Waals surface area contributed by atoms with Crippen molar-refractivity contribution in [1.29, 1.82) is 0 Å². The molecule has 2 bridgehead atoms. The van der Waals surface area contributed by atoms with E-state index in [-0.39, 0.29) is 0 Å². The molecule has 3 aliphatic rings. The zero-order valence-electron chi connectivity index (χ0n) is 12.2. The lowest BCUT2D eigenvalue weighted by atomic mass is 9.86. The highest BCUT2D eigenvalue weighted by atomic mass is 16.3. The van der Waals surface area contributed by atoms with E-state index >= 15 is 0 Å². The Hall–Kier alpha value is -1.02. The summed E-state index contributed by atoms with van der Waals surface area (Å²) in [6, 6.07) is 8.80. The van der Waals surface area contributed by atoms with Crippen LogP contribution in [-0.4, -0.2) is 29.1 Å². The quantitative estimate of drug-likeness (QED) is 0.885. The Balaban J connectivity index is 1.40. The van der Waals surface area contributed by atoms with Crippen LogP contribution in [0.25, 0.3) is 0 Å². The van der Waals surface area contributed by atoms with E-state index < -0.39 is 0 Å². The molecular weight excluding hydrogens is 246 g/mol. The van der Waals surface area contributed by atoms with Gasteiger partial charge >= 0.3 is 0 Å². The molecule has 1 N–H and O–H groups in total. The molecule has 3 fully saturated rings. The maximum absolute atomic E-state index is 10.0. The normalized spacial score (nSPS) is 34.7. The Kier molecular flexibility index (Phi) is 3.22. The summed E-state index contributed by atoms with van der Waals surface area (Å²) in [4.78, 5) is 2.76. The number of hydrogen-bond acceptors (Lipinski definition) is 2. The smallest absolute Gasteiger partial charge is 0.119 e. The van der Waals surface area contributed by atoms with Crippen molar-refractivity contribution in [2.45, 2.75) is 50.5 Å². The molecule has 0 spiro atoms. The van der Waals surface area contributed by atoms with Gasteiger partial charge in [-0.1, -0.05) is 24.6 Å². The van der Waals surface area contributed by atoms with Crippen molar-refractivity contribution in [2.75, 3.05) is 13.1 Å². The minimum absolute atomic E-state index is 0.492. The second-order valence-corrected chi connectivity index (χ2v) is 7.11. The number of nitrogens with zero attached hydrogens (tertiary/aromatic N) is 1. The van der Waals surface area contributed by atoms with Crippen LogP contribution in [0.4, 0.5) is 0 Å². The summed E-state index contributed by atoms with van der Waals surface area (Å²) in [6.45, 7) is 2.46. The van der Waals surface area contributed by atoms with Gasteiger partial charge in [0.15, 0.2) is 0 Å². The first-order valence-corrected chi connectivity index (χ1v) is 8.33. The van der Waals surface area contributed by atoms with Crippen LogP contribution >= 0.6 is 0 Å². The van der Waals surface area contributed by atoms with Crippen molar-refractivity contribution in [1.82, 2.24) is 4.90 Å². The van der Waals surface area contributed by atoms with Crippen LogP contribution in [-0.2, 0) is 0 Å². The van der Waals surface area contributed by atoms with Gasteiger partial charge in [0.2, 0.25) is 0 Å². The van der Waals surface area contributed by atoms with Crippen molar-refractivity contribution in [3.05, 3.63) is 29.8 Å². The molecule has 0 radical (unpaired) electrons. The van der Waals surface area contributed by atoms with Crippen LogP contribution in [0.1, 0.15) is 50.0 Å². The Labute approximate surface area is 121 Å². The summed E-state index contributed by atoms with van der Waals surface area (Å²) in [5, 5.41) is 10.0. The van der Waals surface area contributed by atoms with Crippen molar-refractivity contribution in [2.24, 2.45) is 11.8 Å². The summed E-state index contributed by atoms with van der Waals surface area (Å²) in [6.07, 6.45) is 8.37. The van der Waals surface area contributed by atoms with Crippen LogP contribution in [0.5, 0.6) is 5.75 Å². The lowest BCUT2D eigenvalue weighted by Crippen LogP contribution is -2.43. The Morgan fingerprint density at radius 3 is 2.40 bits per heavy atom. The fourth-order valence-electron chi connectivity index (χ4n) is 5.03. The fraction of sp³-hybridized carbons (Fsp3) is 0.667. The first-order valence-electron chi connectivity index (χ1n) is 8.33. The van der Waals surface area contributed by atoms with Crippen molar-refractivity contribution >= 4 is 0 Å². The lowest BCUT2D eigenvalue weighted by Gasteiger charge is -2.39. The van der Waals surface area contributed by atoms with E-state index in [1.54, 1.807) is 0 Å². The zero-order chi connectivity index (χ0) is 13.5. The van der Waals surface area contributed by atoms with Crippen LogP contribution in [0.3, 0.4) is 0 Å². The molecule has 0 aromatic heterocycles. The average molecular weight is 271 g/mol. The fourth-order valence-corrected chi connectivity index (χ4v) is 5.03. The Bertz CT molecular complexity index is 478. The average Bonchev–Trinajstić information content (AvgIpc) is 3.11. The third-order valence-corrected chi connectivity index (χ3v) is 6.08. The molecule has 1 saturated heterocycles. The first-order chi connectivity index (χ1) is 9.81. The molecule has 1 aliphatic heterocycles. The second kappa shape index (κ2) is 5.07. The topological polar surface area (TPSA) is 23.5 Å². The van der Waals surface area contributed by atoms with Crippen LogP contribution in [0.2, 0.25) is 0 Å². The number of rotatable bonds is 2. The monoisotopic (exact) mass is 271 g/mol. The summed E-state index contributed by atoms with van der Waals surface area (Å²) < 4.78 is 0. The van der Waals surface area contributed by atoms with Gasteiger partial charge in [-0.25, -0.2) is 0 Å². The van der Waals surface area contributed by atoms with Gasteiger partial charge in [-0.2, -0.15) is 0 Å². The van der Waals surface area contributed by atoms with Gasteiger partial charge in [-0.3, -0.25) is 0 Å². The van der Waals surface area contributed by atoms with Crippen LogP contribution < -0.4 is 0 Å². The maximum atomic E-state index is 10.0. The summed E-state index contributed by atoms with van der Waals surface area (Å²) in [7, 11) is 0. The molecule has 2 nitrogen and oxygen atoms in total. The van der Waals surface area contributed by atoms with Gasteiger partial charge < -0.3 is 10.0 Å². The second-order valence-electron chi connectivity index (χ2n) is 7.11. The zero-order valence-corrected chi connectivity index (χ0v) is 12.2. The number of benzene rings is 1. The van der Waals surface area contributed by atoms with Gasteiger partial charge in [0.05, 0.1) is 0 Å². The van der Waals surface area contributed by atoms with Crippen LogP contribution in [0.15, 0.2) is 24.3 Å². The highest BCUT2D eigenvalue weighted by Gasteiger charge is 2.42. The molecule has 2 aliphatic carbocycles. The molecule has 1 heterocycles. The van der Waals surface area contributed by atoms with Crippen LogP contribution in [0, 0.1) is 11.8 Å². The van der Waals surface area contributed by atoms with E-state index in [9.17, 15) is 5.11 Å². The molecule has 0 amide bonds. The number of phenolic OH excluding ortho intramolecular Hbond substituents is 1. The van der Waals surface area contributed by atoms with Crippen molar-refractivity contribution < 1.29 is 5.11 Å². The predicted molar refractivity (Wildman–Crippen MR) is 80.9 cm³/mol. The number of aromatic hydroxyl groups is 1. The number of phenols is 1. The molecule has 20 heavy (non-hydrogen) atoms. The summed E-state index contributed by atoms with van der Waals surface area (Å²) >= 11 is 0. The van der Waals surface area contributed by atoms with Gasteiger partial charge in [0.1, 0.15) is 5.75 Å². The number of piperidine rings is 1. The maximum Gasteiger partial charge on any atom is 0.119 e. The molecule has 1 aromatic rings. The highest BCUT2D eigenvalue weighted by molar-refractivity contribution is 5.35. The summed E-state index contributed by atoms with van der Waals surface area (Å²) in [5.74, 6) is 3.10. The van der Waals surface area contributed by atoms with E-state index in [1.165, 1.54) is 57.2 Å². The SMILES string of the molecule is Oc1ccccc1C1CCN([C@@H]2C[C@@H]3CC[C@H]2C3)CC1. The minimum Gasteiger partial charge on any atom is -0.508 e. The number of likely N-dealkylation sites (tertiary alicyclic amines) is 1. The molecule has 108 valence electrons. The molecular formula is C18H25NO. The van der Waals surface area contributed by atoms with E-state index in [2.05, 4.69) is 17.0 Å². The number of hydrogen-bond donors (Lipinski definition) is 1. The number of para-hydroxylation sites is 1. The van der Waals surface area contributed by atoms with E-state index in [1.807, 2.05) is 12.1 Å². The van der Waals surface area contributed by atoms with E-state index in [4.69, 9.17) is 0 Å². The van der Waals surface area contributed by atoms with Gasteiger partial charge in [0.25, 0.3) is 0 Å². The molecule has 2 saturated carbocycles. The Morgan fingerprint density at radius 2 is 1.75 bits per heavy atom. The van der Waals surface area contributed by atoms with E-state index in [0.717, 1.165) is 17.9 Å². The molecule has 4 rings (SSSR count). The number of fused-ring (bicyclic) bond motifs is 2. The molecule has 0 unspecified atom stereocenters. The van der Waals surface area contributed by atoms with Crippen molar-refractivity contribution in [3.63, 3.8) is 0 Å². The Morgan fingerprint density at radius 1 is 0.950 bits per heavy atom. The van der Waals surface area contributed by atoms with Gasteiger partial charge in [-0.05, 0) is 74.6 Å².